The monoisotopic (exact) mass is 411 g/mol. The number of aromatic amines is 1. The van der Waals surface area contributed by atoms with E-state index in [0.29, 0.717) is 46.2 Å². The molecule has 0 saturated heterocycles. The Bertz CT molecular complexity index is 848. The van der Waals surface area contributed by atoms with Gasteiger partial charge >= 0.3 is 5.97 Å². The molecule has 2 heterocycles. The van der Waals surface area contributed by atoms with Gasteiger partial charge < -0.3 is 19.6 Å². The van der Waals surface area contributed by atoms with Crippen LogP contribution in [0.2, 0.25) is 0 Å². The number of esters is 1. The number of hydrogen-bond donors (Lipinski definition) is 2. The van der Waals surface area contributed by atoms with Gasteiger partial charge in [-0.1, -0.05) is 6.92 Å². The molecule has 2 aromatic rings. The van der Waals surface area contributed by atoms with Gasteiger partial charge in [0.25, 0.3) is 5.56 Å². The minimum atomic E-state index is -0.610. The summed E-state index contributed by atoms with van der Waals surface area (Å²) in [6, 6.07) is 0. The van der Waals surface area contributed by atoms with Gasteiger partial charge in [0.15, 0.2) is 0 Å². The van der Waals surface area contributed by atoms with E-state index >= 15 is 0 Å². The van der Waals surface area contributed by atoms with E-state index in [-0.39, 0.29) is 18.8 Å². The summed E-state index contributed by atoms with van der Waals surface area (Å²) in [5.74, 6) is 0.0711. The molecular weight excluding hydrogens is 382 g/mol. The van der Waals surface area contributed by atoms with Crippen molar-refractivity contribution >= 4 is 27.5 Å². The van der Waals surface area contributed by atoms with Crippen LogP contribution in [0.1, 0.15) is 48.3 Å². The molecule has 2 rings (SSSR count). The fourth-order valence-corrected chi connectivity index (χ4v) is 4.12. The summed E-state index contributed by atoms with van der Waals surface area (Å²) in [4.78, 5) is 35.0. The third-order valence-electron chi connectivity index (χ3n) is 4.21. The highest BCUT2D eigenvalue weighted by Crippen LogP contribution is 2.27. The van der Waals surface area contributed by atoms with Gasteiger partial charge in [0.1, 0.15) is 15.5 Å². The van der Waals surface area contributed by atoms with Gasteiger partial charge in [0.2, 0.25) is 0 Å². The van der Waals surface area contributed by atoms with Gasteiger partial charge in [-0.15, -0.1) is 11.3 Å². The molecule has 0 aliphatic carbocycles. The van der Waals surface area contributed by atoms with Crippen molar-refractivity contribution in [3.05, 3.63) is 26.6 Å². The SMILES string of the molecule is CCCN(Cc1nc2sc(C(=O)OCC)c(C)c2c(=O)[nH]1)C[C@H](O)COCC. The lowest BCUT2D eigenvalue weighted by molar-refractivity contribution is 0.0192. The molecule has 156 valence electrons. The van der Waals surface area contributed by atoms with E-state index in [9.17, 15) is 14.7 Å². The predicted molar refractivity (Wildman–Crippen MR) is 109 cm³/mol. The lowest BCUT2D eigenvalue weighted by Gasteiger charge is -2.24. The highest BCUT2D eigenvalue weighted by molar-refractivity contribution is 7.20. The Labute approximate surface area is 168 Å². The fourth-order valence-electron chi connectivity index (χ4n) is 3.02. The lowest BCUT2D eigenvalue weighted by atomic mass is 10.2. The van der Waals surface area contributed by atoms with E-state index in [2.05, 4.69) is 16.9 Å². The maximum atomic E-state index is 12.6. The second-order valence-electron chi connectivity index (χ2n) is 6.52. The first kappa shape index (κ1) is 22.5. The van der Waals surface area contributed by atoms with Crippen molar-refractivity contribution in [2.45, 2.75) is 46.8 Å². The van der Waals surface area contributed by atoms with Crippen LogP contribution in [-0.4, -0.2) is 65.0 Å². The molecule has 0 fully saturated rings. The number of carbonyl (C=O) groups excluding carboxylic acids is 1. The van der Waals surface area contributed by atoms with Gasteiger partial charge in [0, 0.05) is 13.2 Å². The van der Waals surface area contributed by atoms with E-state index in [0.717, 1.165) is 13.0 Å². The van der Waals surface area contributed by atoms with E-state index in [1.165, 1.54) is 11.3 Å². The number of thiophene rings is 1. The summed E-state index contributed by atoms with van der Waals surface area (Å²) in [6.07, 6.45) is 0.292. The van der Waals surface area contributed by atoms with Crippen LogP contribution in [0.4, 0.5) is 0 Å². The smallest absolute Gasteiger partial charge is 0.348 e. The second kappa shape index (κ2) is 10.7. The Morgan fingerprint density at radius 3 is 2.71 bits per heavy atom. The zero-order chi connectivity index (χ0) is 20.7. The minimum absolute atomic E-state index is 0.268. The molecule has 0 aliphatic heterocycles. The zero-order valence-electron chi connectivity index (χ0n) is 16.9. The van der Waals surface area contributed by atoms with E-state index < -0.39 is 12.1 Å². The summed E-state index contributed by atoms with van der Waals surface area (Å²) >= 11 is 1.17. The Hall–Kier alpha value is -1.81. The summed E-state index contributed by atoms with van der Waals surface area (Å²) in [5.41, 5.74) is 0.326. The topological polar surface area (TPSA) is 105 Å². The number of fused-ring (bicyclic) bond motifs is 1. The van der Waals surface area contributed by atoms with Crippen LogP contribution in [0.15, 0.2) is 4.79 Å². The molecule has 0 aromatic carbocycles. The second-order valence-corrected chi connectivity index (χ2v) is 7.52. The Morgan fingerprint density at radius 2 is 2.07 bits per heavy atom. The average molecular weight is 412 g/mol. The van der Waals surface area contributed by atoms with Crippen LogP contribution in [-0.2, 0) is 16.0 Å². The highest BCUT2D eigenvalue weighted by atomic mass is 32.1. The number of nitrogens with one attached hydrogen (secondary N) is 1. The first-order valence-electron chi connectivity index (χ1n) is 9.58. The van der Waals surface area contributed by atoms with Crippen molar-refractivity contribution < 1.29 is 19.4 Å². The van der Waals surface area contributed by atoms with Crippen LogP contribution in [0.5, 0.6) is 0 Å². The molecule has 9 heteroatoms. The van der Waals surface area contributed by atoms with E-state index in [1.54, 1.807) is 13.8 Å². The van der Waals surface area contributed by atoms with Gasteiger partial charge in [-0.25, -0.2) is 9.78 Å². The standard InChI is InChI=1S/C19H29N3O5S/c1-5-8-22(9-13(23)11-26-6-2)10-14-20-17(24)15-12(4)16(19(25)27-7-3)28-18(15)21-14/h13,23H,5-11H2,1-4H3,(H,20,21,24)/t13-/m0/s1. The maximum absolute atomic E-state index is 12.6. The molecule has 1 atom stereocenters. The highest BCUT2D eigenvalue weighted by Gasteiger charge is 2.21. The summed E-state index contributed by atoms with van der Waals surface area (Å²) in [5, 5.41) is 10.6. The van der Waals surface area contributed by atoms with Gasteiger partial charge in [-0.3, -0.25) is 9.69 Å². The van der Waals surface area contributed by atoms with Crippen molar-refractivity contribution in [3.63, 3.8) is 0 Å². The number of rotatable bonds is 11. The molecule has 0 amide bonds. The number of H-pyrrole nitrogens is 1. The van der Waals surface area contributed by atoms with E-state index in [4.69, 9.17) is 9.47 Å². The zero-order valence-corrected chi connectivity index (χ0v) is 17.7. The number of aliphatic hydroxyl groups is 1. The molecule has 0 unspecified atom stereocenters. The summed E-state index contributed by atoms with van der Waals surface area (Å²) < 4.78 is 10.3. The Morgan fingerprint density at radius 1 is 1.32 bits per heavy atom. The fraction of sp³-hybridized carbons (Fsp3) is 0.632. The van der Waals surface area contributed by atoms with Crippen molar-refractivity contribution in [1.29, 1.82) is 0 Å². The number of nitrogens with zero attached hydrogens (tertiary/aromatic N) is 2. The largest absolute Gasteiger partial charge is 0.462 e. The lowest BCUT2D eigenvalue weighted by Crippen LogP contribution is -2.36. The molecular formula is C19H29N3O5S. The maximum Gasteiger partial charge on any atom is 0.348 e. The summed E-state index contributed by atoms with van der Waals surface area (Å²) in [7, 11) is 0. The third-order valence-corrected chi connectivity index (χ3v) is 5.37. The molecule has 28 heavy (non-hydrogen) atoms. The number of aliphatic hydroxyl groups excluding tert-OH is 1. The molecule has 0 saturated carbocycles. The average Bonchev–Trinajstić information content (AvgIpc) is 2.97. The number of aryl methyl sites for hydroxylation is 1. The van der Waals surface area contributed by atoms with Crippen molar-refractivity contribution in [1.82, 2.24) is 14.9 Å². The van der Waals surface area contributed by atoms with Gasteiger partial charge in [-0.05, 0) is 39.3 Å². The Kier molecular flexibility index (Phi) is 8.56. The number of ether oxygens (including phenoxy) is 2. The molecule has 2 N–H and O–H groups in total. The number of hydrogen-bond acceptors (Lipinski definition) is 8. The first-order valence-corrected chi connectivity index (χ1v) is 10.4. The number of aromatic nitrogens is 2. The van der Waals surface area contributed by atoms with Crippen LogP contribution >= 0.6 is 11.3 Å². The van der Waals surface area contributed by atoms with Crippen molar-refractivity contribution in [2.75, 3.05) is 32.9 Å². The molecule has 0 spiro atoms. The first-order chi connectivity index (χ1) is 13.4. The van der Waals surface area contributed by atoms with Gasteiger partial charge in [0.05, 0.1) is 31.2 Å². The number of carbonyl (C=O) groups is 1. The van der Waals surface area contributed by atoms with Crippen molar-refractivity contribution in [3.8, 4) is 0 Å². The van der Waals surface area contributed by atoms with Crippen LogP contribution < -0.4 is 5.56 Å². The van der Waals surface area contributed by atoms with Gasteiger partial charge in [-0.2, -0.15) is 0 Å². The molecule has 2 aromatic heterocycles. The Balaban J connectivity index is 2.26. The van der Waals surface area contributed by atoms with Crippen LogP contribution in [0, 0.1) is 6.92 Å². The summed E-state index contributed by atoms with van der Waals surface area (Å²) in [6.45, 7) is 10.1. The van der Waals surface area contributed by atoms with Crippen LogP contribution in [0.25, 0.3) is 10.2 Å². The minimum Gasteiger partial charge on any atom is -0.462 e. The van der Waals surface area contributed by atoms with E-state index in [1.807, 2.05) is 11.8 Å². The molecule has 8 nitrogen and oxygen atoms in total. The normalized spacial score (nSPS) is 12.6. The quantitative estimate of drug-likeness (QED) is 0.546. The van der Waals surface area contributed by atoms with Crippen molar-refractivity contribution in [2.24, 2.45) is 0 Å². The predicted octanol–water partition coefficient (Wildman–Crippen LogP) is 2.08. The molecule has 0 radical (unpaired) electrons. The third kappa shape index (κ3) is 5.60. The molecule has 0 bridgehead atoms. The molecule has 0 aliphatic rings. The van der Waals surface area contributed by atoms with Crippen LogP contribution in [0.3, 0.4) is 0 Å².